The first-order valence-electron chi connectivity index (χ1n) is 8.65. The van der Waals surface area contributed by atoms with Crippen molar-refractivity contribution in [2.24, 2.45) is 0 Å². The van der Waals surface area contributed by atoms with Gasteiger partial charge in [0.1, 0.15) is 5.82 Å². The van der Waals surface area contributed by atoms with Crippen LogP contribution in [-0.2, 0) is 5.67 Å². The molecular weight excluding hydrogens is 349 g/mol. The maximum Gasteiger partial charge on any atom is 0.266 e. The predicted molar refractivity (Wildman–Crippen MR) is 94.9 cm³/mol. The average molecular weight is 365 g/mol. The van der Waals surface area contributed by atoms with Gasteiger partial charge in [0.2, 0.25) is 11.5 Å². The van der Waals surface area contributed by atoms with E-state index < -0.39 is 5.67 Å². The van der Waals surface area contributed by atoms with Gasteiger partial charge in [0.15, 0.2) is 11.5 Å². The quantitative estimate of drug-likeness (QED) is 0.551. The fourth-order valence-corrected chi connectivity index (χ4v) is 3.31. The standard InChI is InChI=1S/C18H16FN7O/c1-12-21-22-14-7-8-15(23-26(12)14)25-10-9-18(19,11-25)17-20-16(24-27-17)13-5-3-2-4-6-13/h2-8H,9-11H2,1H3. The minimum absolute atomic E-state index is 0.00501. The van der Waals surface area contributed by atoms with Gasteiger partial charge in [-0.1, -0.05) is 35.5 Å². The van der Waals surface area contributed by atoms with Crippen molar-refractivity contribution < 1.29 is 8.91 Å². The van der Waals surface area contributed by atoms with Crippen LogP contribution in [0.3, 0.4) is 0 Å². The van der Waals surface area contributed by atoms with E-state index in [-0.39, 0.29) is 18.9 Å². The Hall–Kier alpha value is -3.36. The highest BCUT2D eigenvalue weighted by molar-refractivity contribution is 5.54. The molecular formula is C18H16FN7O. The highest BCUT2D eigenvalue weighted by Gasteiger charge is 2.45. The molecule has 1 aromatic carbocycles. The lowest BCUT2D eigenvalue weighted by atomic mass is 10.1. The Labute approximate surface area is 153 Å². The molecule has 0 N–H and O–H groups in total. The Morgan fingerprint density at radius 1 is 1.11 bits per heavy atom. The molecule has 0 bridgehead atoms. The molecule has 8 nitrogen and oxygen atoms in total. The molecule has 27 heavy (non-hydrogen) atoms. The van der Waals surface area contributed by atoms with E-state index in [1.165, 1.54) is 0 Å². The normalized spacial score (nSPS) is 19.9. The van der Waals surface area contributed by atoms with Crippen molar-refractivity contribution >= 4 is 11.5 Å². The lowest BCUT2D eigenvalue weighted by molar-refractivity contribution is 0.136. The Bertz CT molecular complexity index is 1110. The van der Waals surface area contributed by atoms with Crippen LogP contribution in [0.5, 0.6) is 0 Å². The van der Waals surface area contributed by atoms with Gasteiger partial charge in [-0.25, -0.2) is 4.39 Å². The van der Waals surface area contributed by atoms with Crippen LogP contribution in [0.4, 0.5) is 10.2 Å². The first kappa shape index (κ1) is 15.9. The number of fused-ring (bicyclic) bond motifs is 1. The zero-order valence-electron chi connectivity index (χ0n) is 14.6. The van der Waals surface area contributed by atoms with Crippen LogP contribution < -0.4 is 4.90 Å². The molecule has 0 spiro atoms. The van der Waals surface area contributed by atoms with Crippen LogP contribution in [0.15, 0.2) is 47.0 Å². The molecule has 9 heteroatoms. The number of nitrogens with zero attached hydrogens (tertiary/aromatic N) is 7. The van der Waals surface area contributed by atoms with E-state index in [0.29, 0.717) is 29.7 Å². The molecule has 5 rings (SSSR count). The van der Waals surface area contributed by atoms with Crippen LogP contribution in [0, 0.1) is 6.92 Å². The summed E-state index contributed by atoms with van der Waals surface area (Å²) in [5.74, 6) is 1.74. The molecule has 3 aromatic heterocycles. The minimum Gasteiger partial charge on any atom is -0.351 e. The third-order valence-electron chi connectivity index (χ3n) is 4.79. The zero-order chi connectivity index (χ0) is 18.4. The van der Waals surface area contributed by atoms with Crippen molar-refractivity contribution in [3.63, 3.8) is 0 Å². The van der Waals surface area contributed by atoms with Gasteiger partial charge in [0.25, 0.3) is 5.89 Å². The van der Waals surface area contributed by atoms with Crippen LogP contribution in [0.2, 0.25) is 0 Å². The summed E-state index contributed by atoms with van der Waals surface area (Å²) < 4.78 is 22.5. The predicted octanol–water partition coefficient (Wildman–Crippen LogP) is 2.56. The van der Waals surface area contributed by atoms with E-state index in [2.05, 4.69) is 25.4 Å². The SMILES string of the molecule is Cc1nnc2ccc(N3CCC(F)(c4nc(-c5ccccc5)no4)C3)nn12. The van der Waals surface area contributed by atoms with Crippen molar-refractivity contribution in [2.75, 3.05) is 18.0 Å². The van der Waals surface area contributed by atoms with E-state index in [1.54, 1.807) is 4.52 Å². The topological polar surface area (TPSA) is 85.2 Å². The highest BCUT2D eigenvalue weighted by atomic mass is 19.1. The second-order valence-electron chi connectivity index (χ2n) is 6.63. The third-order valence-corrected chi connectivity index (χ3v) is 4.79. The second kappa shape index (κ2) is 5.83. The summed E-state index contributed by atoms with van der Waals surface area (Å²) in [6.45, 7) is 2.42. The summed E-state index contributed by atoms with van der Waals surface area (Å²) in [5.41, 5.74) is -0.258. The molecule has 0 radical (unpaired) electrons. The number of hydrogen-bond donors (Lipinski definition) is 0. The number of halogens is 1. The number of alkyl halides is 1. The molecule has 0 aliphatic carbocycles. The van der Waals surface area contributed by atoms with E-state index in [0.717, 1.165) is 5.56 Å². The lowest BCUT2D eigenvalue weighted by Crippen LogP contribution is -2.28. The first-order chi connectivity index (χ1) is 13.1. The zero-order valence-corrected chi connectivity index (χ0v) is 14.6. The van der Waals surface area contributed by atoms with Crippen molar-refractivity contribution in [1.82, 2.24) is 30.0 Å². The van der Waals surface area contributed by atoms with Crippen molar-refractivity contribution in [3.8, 4) is 11.4 Å². The molecule has 136 valence electrons. The molecule has 1 fully saturated rings. The Morgan fingerprint density at radius 3 is 2.81 bits per heavy atom. The Balaban J connectivity index is 1.42. The van der Waals surface area contributed by atoms with E-state index in [9.17, 15) is 0 Å². The number of rotatable bonds is 3. The molecule has 4 aromatic rings. The fourth-order valence-electron chi connectivity index (χ4n) is 3.31. The summed E-state index contributed by atoms with van der Waals surface area (Å²) in [5, 5.41) is 16.5. The van der Waals surface area contributed by atoms with E-state index >= 15 is 4.39 Å². The van der Waals surface area contributed by atoms with Gasteiger partial charge >= 0.3 is 0 Å². The number of anilines is 1. The summed E-state index contributed by atoms with van der Waals surface area (Å²) in [4.78, 5) is 6.16. The van der Waals surface area contributed by atoms with Gasteiger partial charge < -0.3 is 9.42 Å². The van der Waals surface area contributed by atoms with Crippen molar-refractivity contribution in [3.05, 3.63) is 54.2 Å². The van der Waals surface area contributed by atoms with Gasteiger partial charge in [-0.05, 0) is 19.1 Å². The molecule has 1 saturated heterocycles. The summed E-state index contributed by atoms with van der Waals surface area (Å²) in [6, 6.07) is 13.0. The van der Waals surface area contributed by atoms with Gasteiger partial charge in [-0.15, -0.1) is 15.3 Å². The molecule has 4 heterocycles. The van der Waals surface area contributed by atoms with Crippen LogP contribution in [0.1, 0.15) is 18.1 Å². The largest absolute Gasteiger partial charge is 0.351 e. The van der Waals surface area contributed by atoms with Gasteiger partial charge in [-0.2, -0.15) is 9.50 Å². The Morgan fingerprint density at radius 2 is 1.96 bits per heavy atom. The minimum atomic E-state index is -1.71. The summed E-state index contributed by atoms with van der Waals surface area (Å²) >= 11 is 0. The number of aromatic nitrogens is 6. The highest BCUT2D eigenvalue weighted by Crippen LogP contribution is 2.37. The summed E-state index contributed by atoms with van der Waals surface area (Å²) in [6.07, 6.45) is 0.254. The number of benzene rings is 1. The second-order valence-corrected chi connectivity index (χ2v) is 6.63. The average Bonchev–Trinajstić information content (AvgIpc) is 3.42. The first-order valence-corrected chi connectivity index (χ1v) is 8.65. The van der Waals surface area contributed by atoms with Crippen molar-refractivity contribution in [1.29, 1.82) is 0 Å². The number of aryl methyl sites for hydroxylation is 1. The van der Waals surface area contributed by atoms with Crippen LogP contribution in [-0.4, -0.2) is 43.0 Å². The van der Waals surface area contributed by atoms with Crippen LogP contribution >= 0.6 is 0 Å². The molecule has 0 saturated carbocycles. The molecule has 0 amide bonds. The maximum absolute atomic E-state index is 15.5. The van der Waals surface area contributed by atoms with Gasteiger partial charge in [0.05, 0.1) is 6.54 Å². The van der Waals surface area contributed by atoms with Gasteiger partial charge in [-0.3, -0.25) is 0 Å². The molecule has 1 aliphatic rings. The van der Waals surface area contributed by atoms with Crippen LogP contribution in [0.25, 0.3) is 17.0 Å². The van der Waals surface area contributed by atoms with E-state index in [1.807, 2.05) is 54.3 Å². The maximum atomic E-state index is 15.5. The monoisotopic (exact) mass is 365 g/mol. The third kappa shape index (κ3) is 2.62. The smallest absolute Gasteiger partial charge is 0.266 e. The molecule has 1 unspecified atom stereocenters. The van der Waals surface area contributed by atoms with E-state index in [4.69, 9.17) is 4.52 Å². The van der Waals surface area contributed by atoms with Gasteiger partial charge in [0, 0.05) is 18.5 Å². The fraction of sp³-hybridized carbons (Fsp3) is 0.278. The lowest BCUT2D eigenvalue weighted by Gasteiger charge is -2.18. The Kier molecular flexibility index (Phi) is 3.43. The summed E-state index contributed by atoms with van der Waals surface area (Å²) in [7, 11) is 0. The number of hydrogen-bond acceptors (Lipinski definition) is 7. The molecule has 1 atom stereocenters. The van der Waals surface area contributed by atoms with Crippen molar-refractivity contribution in [2.45, 2.75) is 19.0 Å². The molecule has 1 aliphatic heterocycles.